The molecule has 0 aliphatic carbocycles. The quantitative estimate of drug-likeness (QED) is 0.929. The first-order chi connectivity index (χ1) is 8.11. The number of hydrogen-bond donors (Lipinski definition) is 1. The summed E-state index contributed by atoms with van der Waals surface area (Å²) < 4.78 is 0.997. The average molecular weight is 296 g/mol. The fourth-order valence-electron chi connectivity index (χ4n) is 1.83. The molecule has 0 radical (unpaired) electrons. The number of carbonyl (C=O) groups excluding carboxylic acids is 1. The van der Waals surface area contributed by atoms with Crippen molar-refractivity contribution in [3.63, 3.8) is 0 Å². The second-order valence-electron chi connectivity index (χ2n) is 4.02. The van der Waals surface area contributed by atoms with Gasteiger partial charge in [0.2, 0.25) is 0 Å². The van der Waals surface area contributed by atoms with Crippen molar-refractivity contribution in [2.45, 2.75) is 19.8 Å². The number of amides is 1. The third-order valence-corrected chi connectivity index (χ3v) is 3.15. The molecule has 1 heterocycles. The Morgan fingerprint density at radius 1 is 1.53 bits per heavy atom. The van der Waals surface area contributed by atoms with Gasteiger partial charge in [0, 0.05) is 16.6 Å². The third-order valence-electron chi connectivity index (χ3n) is 2.65. The molecular formula is C12H14BrN3O. The fourth-order valence-corrected chi connectivity index (χ4v) is 2.31. The molecule has 17 heavy (non-hydrogen) atoms. The number of hydrogen-bond acceptors (Lipinski definition) is 3. The number of halogens is 1. The molecule has 0 bridgehead atoms. The molecule has 1 aliphatic rings. The first-order valence-electron chi connectivity index (χ1n) is 5.47. The summed E-state index contributed by atoms with van der Waals surface area (Å²) in [5.41, 5.74) is 8.19. The van der Waals surface area contributed by atoms with E-state index in [1.165, 1.54) is 5.01 Å². The van der Waals surface area contributed by atoms with Gasteiger partial charge in [-0.15, -0.1) is 0 Å². The smallest absolute Gasteiger partial charge is 0.253 e. The molecule has 5 heteroatoms. The van der Waals surface area contributed by atoms with E-state index in [1.807, 2.05) is 25.1 Å². The molecule has 2 rings (SSSR count). The van der Waals surface area contributed by atoms with Crippen LogP contribution in [0.5, 0.6) is 0 Å². The second kappa shape index (κ2) is 4.98. The van der Waals surface area contributed by atoms with Crippen molar-refractivity contribution < 1.29 is 4.79 Å². The molecular weight excluding hydrogens is 282 g/mol. The minimum atomic E-state index is 0.0128. The van der Waals surface area contributed by atoms with Gasteiger partial charge in [-0.05, 0) is 37.2 Å². The Kier molecular flexibility index (Phi) is 3.59. The maximum Gasteiger partial charge on any atom is 0.253 e. The van der Waals surface area contributed by atoms with Crippen molar-refractivity contribution in [1.82, 2.24) is 0 Å². The number of benzene rings is 1. The van der Waals surface area contributed by atoms with Gasteiger partial charge < -0.3 is 5.73 Å². The molecule has 0 saturated carbocycles. The van der Waals surface area contributed by atoms with E-state index in [9.17, 15) is 4.79 Å². The highest BCUT2D eigenvalue weighted by Crippen LogP contribution is 2.27. The summed E-state index contributed by atoms with van der Waals surface area (Å²) in [6, 6.07) is 5.78. The summed E-state index contributed by atoms with van der Waals surface area (Å²) in [5.74, 6) is 0.0128. The predicted octanol–water partition coefficient (Wildman–Crippen LogP) is 2.20. The number of rotatable bonds is 3. The Hall–Kier alpha value is -1.20. The normalized spacial score (nSPS) is 15.4. The summed E-state index contributed by atoms with van der Waals surface area (Å²) in [6.07, 6.45) is 1.06. The highest BCUT2D eigenvalue weighted by atomic mass is 79.9. The highest BCUT2D eigenvalue weighted by molar-refractivity contribution is 9.10. The lowest BCUT2D eigenvalue weighted by Gasteiger charge is -2.14. The number of nitrogens with zero attached hydrogens (tertiary/aromatic N) is 2. The summed E-state index contributed by atoms with van der Waals surface area (Å²) in [6.45, 7) is 2.49. The second-order valence-corrected chi connectivity index (χ2v) is 4.93. The zero-order chi connectivity index (χ0) is 12.4. The molecule has 0 atom stereocenters. The Morgan fingerprint density at radius 3 is 2.94 bits per heavy atom. The van der Waals surface area contributed by atoms with Crippen molar-refractivity contribution in [3.05, 3.63) is 28.2 Å². The lowest BCUT2D eigenvalue weighted by Crippen LogP contribution is -2.20. The van der Waals surface area contributed by atoms with Crippen LogP contribution in [0.15, 0.2) is 27.8 Å². The van der Waals surface area contributed by atoms with E-state index in [-0.39, 0.29) is 5.91 Å². The van der Waals surface area contributed by atoms with Crippen LogP contribution in [0.3, 0.4) is 0 Å². The number of anilines is 1. The van der Waals surface area contributed by atoms with Crippen molar-refractivity contribution in [2.75, 3.05) is 11.6 Å². The summed E-state index contributed by atoms with van der Waals surface area (Å²) in [7, 11) is 0. The van der Waals surface area contributed by atoms with Crippen LogP contribution >= 0.6 is 15.9 Å². The van der Waals surface area contributed by atoms with Gasteiger partial charge in [-0.25, -0.2) is 5.01 Å². The van der Waals surface area contributed by atoms with E-state index in [0.717, 1.165) is 21.4 Å². The lowest BCUT2D eigenvalue weighted by atomic mass is 10.2. The SMILES string of the molecule is Cc1cc(Br)ccc1N1N=C(CCN)CC1=O. The number of aryl methyl sites for hydroxylation is 1. The number of hydrazone groups is 1. The Bertz CT molecular complexity index is 485. The van der Waals surface area contributed by atoms with E-state index >= 15 is 0 Å². The minimum Gasteiger partial charge on any atom is -0.330 e. The Balaban J connectivity index is 2.30. The predicted molar refractivity (Wildman–Crippen MR) is 72.1 cm³/mol. The zero-order valence-electron chi connectivity index (χ0n) is 9.61. The lowest BCUT2D eigenvalue weighted by molar-refractivity contribution is -0.116. The van der Waals surface area contributed by atoms with Crippen LogP contribution in [0, 0.1) is 6.92 Å². The van der Waals surface area contributed by atoms with E-state index in [2.05, 4.69) is 21.0 Å². The Labute approximate surface area is 109 Å². The van der Waals surface area contributed by atoms with Gasteiger partial charge >= 0.3 is 0 Å². The van der Waals surface area contributed by atoms with Crippen LogP contribution in [-0.2, 0) is 4.79 Å². The van der Waals surface area contributed by atoms with Gasteiger partial charge in [0.15, 0.2) is 0 Å². The molecule has 1 aromatic carbocycles. The first kappa shape index (κ1) is 12.3. The zero-order valence-corrected chi connectivity index (χ0v) is 11.2. The maximum atomic E-state index is 11.9. The van der Waals surface area contributed by atoms with Gasteiger partial charge in [0.05, 0.1) is 12.1 Å². The molecule has 1 aromatic rings. The molecule has 0 spiro atoms. The average Bonchev–Trinajstić information content (AvgIpc) is 2.60. The molecule has 0 saturated heterocycles. The number of nitrogens with two attached hydrogens (primary N) is 1. The van der Waals surface area contributed by atoms with Crippen molar-refractivity contribution in [1.29, 1.82) is 0 Å². The van der Waals surface area contributed by atoms with Gasteiger partial charge in [-0.1, -0.05) is 15.9 Å². The van der Waals surface area contributed by atoms with Crippen molar-refractivity contribution in [2.24, 2.45) is 10.8 Å². The molecule has 2 N–H and O–H groups in total. The largest absolute Gasteiger partial charge is 0.330 e. The van der Waals surface area contributed by atoms with Crippen LogP contribution in [0.1, 0.15) is 18.4 Å². The molecule has 4 nitrogen and oxygen atoms in total. The molecule has 0 unspecified atom stereocenters. The molecule has 1 aliphatic heterocycles. The van der Waals surface area contributed by atoms with E-state index in [1.54, 1.807) is 0 Å². The maximum absolute atomic E-state index is 11.9. The van der Waals surface area contributed by atoms with Crippen LogP contribution in [0.2, 0.25) is 0 Å². The van der Waals surface area contributed by atoms with Gasteiger partial charge in [0.1, 0.15) is 0 Å². The standard InChI is InChI=1S/C12H14BrN3O/c1-8-6-9(13)2-3-11(8)16-12(17)7-10(15-16)4-5-14/h2-3,6H,4-5,7,14H2,1H3. The van der Waals surface area contributed by atoms with Gasteiger partial charge in [-0.2, -0.15) is 5.10 Å². The van der Waals surface area contributed by atoms with Crippen molar-refractivity contribution in [3.8, 4) is 0 Å². The van der Waals surface area contributed by atoms with Crippen LogP contribution < -0.4 is 10.7 Å². The number of carbonyl (C=O) groups is 1. The Morgan fingerprint density at radius 2 is 2.29 bits per heavy atom. The van der Waals surface area contributed by atoms with E-state index in [4.69, 9.17) is 5.73 Å². The molecule has 90 valence electrons. The van der Waals surface area contributed by atoms with Crippen LogP contribution in [0.4, 0.5) is 5.69 Å². The highest BCUT2D eigenvalue weighted by Gasteiger charge is 2.25. The van der Waals surface area contributed by atoms with Gasteiger partial charge in [-0.3, -0.25) is 4.79 Å². The summed E-state index contributed by atoms with van der Waals surface area (Å²) in [4.78, 5) is 11.9. The molecule has 0 fully saturated rings. The van der Waals surface area contributed by atoms with Crippen molar-refractivity contribution >= 4 is 33.2 Å². The van der Waals surface area contributed by atoms with Gasteiger partial charge in [0.25, 0.3) is 5.91 Å². The first-order valence-corrected chi connectivity index (χ1v) is 6.26. The minimum absolute atomic E-state index is 0.0128. The monoisotopic (exact) mass is 295 g/mol. The third kappa shape index (κ3) is 2.56. The van der Waals surface area contributed by atoms with E-state index < -0.39 is 0 Å². The van der Waals surface area contributed by atoms with Crippen LogP contribution in [-0.4, -0.2) is 18.2 Å². The van der Waals surface area contributed by atoms with Crippen LogP contribution in [0.25, 0.3) is 0 Å². The molecule has 1 amide bonds. The molecule has 0 aromatic heterocycles. The topological polar surface area (TPSA) is 58.7 Å². The summed E-state index contributed by atoms with van der Waals surface area (Å²) in [5, 5.41) is 5.80. The summed E-state index contributed by atoms with van der Waals surface area (Å²) >= 11 is 3.40. The van der Waals surface area contributed by atoms with E-state index in [0.29, 0.717) is 19.4 Å². The fraction of sp³-hybridized carbons (Fsp3) is 0.333.